The van der Waals surface area contributed by atoms with Gasteiger partial charge in [-0.15, -0.1) is 0 Å². The first-order valence-corrected chi connectivity index (χ1v) is 44.6. The number of aliphatic hydroxyl groups is 2. The Hall–Kier alpha value is -11.0. The molecule has 0 radical (unpaired) electrons. The van der Waals surface area contributed by atoms with E-state index < -0.39 is 199 Å². The Morgan fingerprint density at radius 1 is 0.413 bits per heavy atom. The number of imidazole rings is 1. The van der Waals surface area contributed by atoms with Crippen molar-refractivity contribution in [3.8, 4) is 5.75 Å². The molecule has 0 saturated heterocycles. The van der Waals surface area contributed by atoms with Gasteiger partial charge in [-0.05, 0) is 120 Å². The van der Waals surface area contributed by atoms with E-state index in [1.165, 1.54) is 89.4 Å². The molecule has 0 unspecified atom stereocenters. The highest BCUT2D eigenvalue weighted by Crippen LogP contribution is 2.27. The maximum absolute atomic E-state index is 15.3. The van der Waals surface area contributed by atoms with Gasteiger partial charge in [0.2, 0.25) is 47.3 Å². The number of ketones is 6. The number of Topliss-reactive ketones (excluding diaryl/α,β-unsaturated/α-hetero) is 6. The lowest BCUT2D eigenvalue weighted by Crippen LogP contribution is -2.52. The number of primary amides is 2. The Bertz CT molecular complexity index is 3980. The summed E-state index contributed by atoms with van der Waals surface area (Å²) in [7, 11) is 0. The number of aromatic hydroxyl groups is 1. The lowest BCUT2D eigenvalue weighted by Gasteiger charge is -2.27. The lowest BCUT2D eigenvalue weighted by molar-refractivity contribution is -0.138. The number of hydrogen-bond acceptors (Lipinski definition) is 21. The zero-order chi connectivity index (χ0) is 93.8. The zero-order valence-electron chi connectivity index (χ0n) is 74.9. The first-order valence-electron chi connectivity index (χ1n) is 44.6. The fourth-order valence-corrected chi connectivity index (χ4v) is 15.0. The number of aromatic nitrogens is 2. The molecule has 0 fully saturated rings. The van der Waals surface area contributed by atoms with Crippen LogP contribution in [0, 0.1) is 47.3 Å². The molecule has 0 saturated carbocycles. The van der Waals surface area contributed by atoms with Gasteiger partial charge in [-0.25, -0.2) is 4.98 Å². The van der Waals surface area contributed by atoms with Crippen LogP contribution in [0.3, 0.4) is 0 Å². The number of aromatic amines is 1. The summed E-state index contributed by atoms with van der Waals surface area (Å²) >= 11 is 0. The Kier molecular flexibility index (Phi) is 52.5. The molecule has 702 valence electrons. The molecule has 0 aliphatic carbocycles. The Morgan fingerprint density at radius 2 is 0.825 bits per heavy atom. The first kappa shape index (κ1) is 109. The lowest BCUT2D eigenvalue weighted by atomic mass is 9.87. The van der Waals surface area contributed by atoms with Crippen molar-refractivity contribution < 1.29 is 82.4 Å². The number of phenols is 1. The normalized spacial score (nSPS) is 14.4. The number of nitrogens with zero attached hydrogens (tertiary/aromatic N) is 4. The number of benzene rings is 2. The average molecular weight is 1770 g/mol. The van der Waals surface area contributed by atoms with Crippen molar-refractivity contribution >= 4 is 99.8 Å². The summed E-state index contributed by atoms with van der Waals surface area (Å²) in [4.78, 5) is 217. The number of amides is 8. The number of unbranched alkanes of at least 4 members (excludes halogenated alkanes) is 12. The Balaban J connectivity index is 1.99. The zero-order valence-corrected chi connectivity index (χ0v) is 74.9. The molecule has 26 N–H and O–H groups in total. The maximum Gasteiger partial charge on any atom is 0.240 e. The number of hydrogen-bond donors (Lipinski definition) is 18. The van der Waals surface area contributed by atoms with Crippen molar-refractivity contribution in [2.24, 2.45) is 108 Å². The number of H-pyrrole nitrogens is 1. The molecular formula is C90H145N19O17. The number of carbonyl (C=O) groups is 14. The molecule has 13 atom stereocenters. The molecule has 2 aromatic carbocycles. The van der Waals surface area contributed by atoms with Crippen molar-refractivity contribution in [3.05, 3.63) is 83.9 Å². The topological polar surface area (TPSA) is 646 Å². The number of rotatable bonds is 70. The molecule has 1 heterocycles. The third-order valence-electron chi connectivity index (χ3n) is 22.0. The fraction of sp³-hybridized carbons (Fsp3) is 0.644. The number of carbonyl (C=O) groups excluding carboxylic acids is 14. The number of guanidine groups is 3. The number of aliphatic imine (C=N–C) groups is 3. The smallest absolute Gasteiger partial charge is 0.240 e. The molecule has 3 rings (SSSR count). The van der Waals surface area contributed by atoms with E-state index in [4.69, 9.17) is 45.9 Å². The van der Waals surface area contributed by atoms with E-state index in [9.17, 15) is 63.3 Å². The van der Waals surface area contributed by atoms with E-state index in [0.29, 0.717) is 29.7 Å². The number of nitrogens with two attached hydrogens (primary N) is 8. The standard InChI is InChI=1S/C90H145N19O17/c1-8-9-10-11-12-13-14-15-16-17-18-19-23-31-69(113)44-63(40-55(2)3)84(123)104-57(6)74(114)47-65(42-60-33-35-68(112)36-34-60)86(125)106-71(43-59-27-21-20-22-28-59)76(116)45-61(29-24-37-100-88(93)94)82(121)105-70(32-26-39-102-90(97)98)75(115)48-64(41-56(4)5)85(124)107-72(50-67-52-99-54-103-67)77(117)49-66(53-110)87(126)109-80(58(7)111)78(118)46-62(30-25-38-101-89(95)96)83(122)108-73(81(92)120)51-79(91)119/h20-22,27-28,33-36,52,54-58,61-66,70-73,80,110-112H,8-19,23-26,29-32,37-51,53H2,1-7H3,(H2,91,119)(H2,92,120)(H,99,103)(H,104,123)(H,105,121)(H,106,125)(H,107,124)(H,108,122)(H,109,126)(H4,93,94,100)(H4,95,96,101)(H4,97,98,102)/t57-,58+,61+,62+,63+,64+,65+,66-,70-,71-,72-,73-,80-/m0/s1. The van der Waals surface area contributed by atoms with E-state index >= 15 is 19.2 Å². The molecule has 0 aliphatic heterocycles. The highest BCUT2D eigenvalue weighted by Gasteiger charge is 2.39. The van der Waals surface area contributed by atoms with Crippen LogP contribution in [0.1, 0.15) is 251 Å². The van der Waals surface area contributed by atoms with E-state index in [1.54, 1.807) is 56.3 Å². The number of nitrogens with one attached hydrogen (secondary N) is 7. The molecule has 1 aromatic heterocycles. The quantitative estimate of drug-likeness (QED) is 0.0216. The second-order valence-electron chi connectivity index (χ2n) is 34.2. The Morgan fingerprint density at radius 3 is 1.30 bits per heavy atom. The van der Waals surface area contributed by atoms with Gasteiger partial charge in [0.25, 0.3) is 0 Å². The molecule has 36 heteroatoms. The molecule has 0 aliphatic rings. The molecular weight excluding hydrogens is 1620 g/mol. The number of phenolic OH excluding ortho intramolecular Hbond substituents is 1. The average Bonchev–Trinajstić information content (AvgIpc) is 1.02. The number of aliphatic hydroxyl groups excluding tert-OH is 2. The van der Waals surface area contributed by atoms with Crippen LogP contribution in [0.15, 0.2) is 82.1 Å². The SMILES string of the molecule is CCCCCCCCCCCCCCCC(=O)C[C@@H](CC(C)C)C(=O)N[C@@H](C)C(=O)C[C@@H](Cc1ccc(O)cc1)C(=O)N[C@@H](Cc1ccccc1)C(=O)C[C@@H](CCCN=C(N)N)C(=O)N[C@@H](CCCN=C(N)N)C(=O)C[C@@H](CC(C)C)C(=O)N[C@@H](Cc1cnc[nH]1)C(=O)C[C@@H](CO)C(=O)N[C@H](C(=O)C[C@@H](CCCN=C(N)N)C(=O)N[C@@H](CC(N)=O)C(N)=O)[C@@H](C)O. The summed E-state index contributed by atoms with van der Waals surface area (Å²) in [5.41, 5.74) is 45.9. The maximum atomic E-state index is 15.3. The van der Waals surface area contributed by atoms with Crippen LogP contribution < -0.4 is 77.8 Å². The third-order valence-corrected chi connectivity index (χ3v) is 22.0. The van der Waals surface area contributed by atoms with Gasteiger partial charge in [0, 0.05) is 112 Å². The summed E-state index contributed by atoms with van der Waals surface area (Å²) in [5.74, 6) is -18.8. The van der Waals surface area contributed by atoms with Gasteiger partial charge in [-0.1, -0.05) is 154 Å². The minimum Gasteiger partial charge on any atom is -0.508 e. The van der Waals surface area contributed by atoms with Crippen molar-refractivity contribution in [1.82, 2.24) is 41.9 Å². The monoisotopic (exact) mass is 1760 g/mol. The second kappa shape index (κ2) is 60.6. The highest BCUT2D eigenvalue weighted by molar-refractivity contribution is 6.00. The van der Waals surface area contributed by atoms with Crippen LogP contribution in [0.25, 0.3) is 0 Å². The summed E-state index contributed by atoms with van der Waals surface area (Å²) in [5, 5.41) is 48.0. The van der Waals surface area contributed by atoms with Gasteiger partial charge in [0.1, 0.15) is 23.6 Å². The van der Waals surface area contributed by atoms with Crippen LogP contribution in [-0.2, 0) is 86.4 Å². The van der Waals surface area contributed by atoms with Crippen molar-refractivity contribution in [1.29, 1.82) is 0 Å². The summed E-state index contributed by atoms with van der Waals surface area (Å²) in [6.07, 6.45) is 12.9. The first-order chi connectivity index (χ1) is 59.8. The van der Waals surface area contributed by atoms with E-state index in [1.807, 2.05) is 13.8 Å². The predicted octanol–water partition coefficient (Wildman–Crippen LogP) is 3.99. The second-order valence-corrected chi connectivity index (χ2v) is 34.2. The third kappa shape index (κ3) is 45.7. The molecule has 3 aromatic rings. The Labute approximate surface area is 741 Å². The molecule has 36 nitrogen and oxygen atoms in total. The van der Waals surface area contributed by atoms with Crippen molar-refractivity contribution in [3.63, 3.8) is 0 Å². The van der Waals surface area contributed by atoms with Gasteiger partial charge < -0.3 is 98.1 Å². The minimum atomic E-state index is -1.76. The van der Waals surface area contributed by atoms with Gasteiger partial charge in [-0.3, -0.25) is 82.1 Å². The van der Waals surface area contributed by atoms with Gasteiger partial charge >= 0.3 is 0 Å². The van der Waals surface area contributed by atoms with Gasteiger partial charge in [-0.2, -0.15) is 0 Å². The fourth-order valence-electron chi connectivity index (χ4n) is 15.0. The van der Waals surface area contributed by atoms with E-state index in [-0.39, 0.29) is 132 Å². The predicted molar refractivity (Wildman–Crippen MR) is 481 cm³/mol. The van der Waals surface area contributed by atoms with Gasteiger partial charge in [0.05, 0.1) is 55.5 Å². The minimum absolute atomic E-state index is 0.00162. The molecule has 0 bridgehead atoms. The molecule has 0 spiro atoms. The van der Waals surface area contributed by atoms with Crippen LogP contribution in [0.2, 0.25) is 0 Å². The summed E-state index contributed by atoms with van der Waals surface area (Å²) in [6.45, 7) is 11.3. The van der Waals surface area contributed by atoms with E-state index in [2.05, 4.69) is 63.8 Å². The summed E-state index contributed by atoms with van der Waals surface area (Å²) in [6, 6.07) is 6.07. The van der Waals surface area contributed by atoms with Crippen LogP contribution in [0.5, 0.6) is 5.75 Å². The molecule has 126 heavy (non-hydrogen) atoms. The summed E-state index contributed by atoms with van der Waals surface area (Å²) < 4.78 is 0. The van der Waals surface area contributed by atoms with Crippen LogP contribution in [0.4, 0.5) is 0 Å². The van der Waals surface area contributed by atoms with E-state index in [0.717, 1.165) is 32.6 Å². The van der Waals surface area contributed by atoms with Crippen molar-refractivity contribution in [2.75, 3.05) is 26.2 Å². The van der Waals surface area contributed by atoms with Gasteiger partial charge in [0.15, 0.2) is 46.8 Å². The van der Waals surface area contributed by atoms with Crippen LogP contribution in [-0.4, -0.2) is 194 Å². The highest BCUT2D eigenvalue weighted by atomic mass is 16.3. The molecule has 8 amide bonds. The largest absolute Gasteiger partial charge is 0.508 e. The van der Waals surface area contributed by atoms with Crippen LogP contribution >= 0.6 is 0 Å². The van der Waals surface area contributed by atoms with Crippen molar-refractivity contribution in [2.45, 2.75) is 296 Å².